The molecule has 1 aromatic carbocycles. The fraction of sp³-hybridized carbons (Fsp3) is 0.320. The molecule has 33 heavy (non-hydrogen) atoms. The van der Waals surface area contributed by atoms with E-state index in [4.69, 9.17) is 9.51 Å². The molecule has 1 fully saturated rings. The van der Waals surface area contributed by atoms with Crippen molar-refractivity contribution in [1.29, 1.82) is 0 Å². The van der Waals surface area contributed by atoms with E-state index in [-0.39, 0.29) is 5.91 Å². The summed E-state index contributed by atoms with van der Waals surface area (Å²) in [6.07, 6.45) is 4.80. The van der Waals surface area contributed by atoms with Crippen LogP contribution in [0.4, 0.5) is 5.13 Å². The fourth-order valence-electron chi connectivity index (χ4n) is 4.10. The zero-order chi connectivity index (χ0) is 22.5. The smallest absolute Gasteiger partial charge is 0.270 e. The Morgan fingerprint density at radius 2 is 1.88 bits per heavy atom. The number of hydrogen-bond acceptors (Lipinski definition) is 7. The summed E-state index contributed by atoms with van der Waals surface area (Å²) in [5.41, 5.74) is 2.47. The predicted molar refractivity (Wildman–Crippen MR) is 134 cm³/mol. The van der Waals surface area contributed by atoms with E-state index in [9.17, 15) is 4.79 Å². The Bertz CT molecular complexity index is 1160. The first-order chi connectivity index (χ1) is 16.3. The van der Waals surface area contributed by atoms with Crippen LogP contribution in [0.2, 0.25) is 0 Å². The standard InChI is InChI=1S/C25H26N4O2S2/c30-24(23-11-7-16-32-23)29(15-8-14-28-12-5-2-6-13-28)25-26-21(18-33-25)22-17-20(27-31-22)19-9-3-1-4-10-19/h1,3-4,7,9-11,16-18H,2,5-6,8,12-15H2. The SMILES string of the molecule is O=C(c1cccs1)N(CCCN1CCCCC1)c1nc(-c2cc(-c3ccccc3)no2)cs1. The first-order valence-electron chi connectivity index (χ1n) is 11.3. The van der Waals surface area contributed by atoms with Gasteiger partial charge in [0.1, 0.15) is 11.4 Å². The van der Waals surface area contributed by atoms with Gasteiger partial charge in [-0.15, -0.1) is 22.7 Å². The molecule has 1 aliphatic heterocycles. The van der Waals surface area contributed by atoms with Gasteiger partial charge in [-0.05, 0) is 50.3 Å². The number of aromatic nitrogens is 2. The average Bonchev–Trinajstić information content (AvgIpc) is 3.64. The number of carbonyl (C=O) groups is 1. The van der Waals surface area contributed by atoms with Crippen LogP contribution in [0.5, 0.6) is 0 Å². The minimum atomic E-state index is 0.00656. The lowest BCUT2D eigenvalue weighted by molar-refractivity contribution is 0.0989. The number of thiophene rings is 1. The van der Waals surface area contributed by atoms with E-state index in [1.54, 1.807) is 0 Å². The molecule has 1 aliphatic rings. The first-order valence-corrected chi connectivity index (χ1v) is 13.1. The molecular formula is C25H26N4O2S2. The van der Waals surface area contributed by atoms with Crippen LogP contribution in [0.1, 0.15) is 35.4 Å². The molecule has 0 atom stereocenters. The van der Waals surface area contributed by atoms with E-state index >= 15 is 0 Å². The van der Waals surface area contributed by atoms with Crippen LogP contribution in [-0.4, -0.2) is 47.1 Å². The highest BCUT2D eigenvalue weighted by Gasteiger charge is 2.23. The highest BCUT2D eigenvalue weighted by atomic mass is 32.1. The number of nitrogens with zero attached hydrogens (tertiary/aromatic N) is 4. The number of thiazole rings is 1. The predicted octanol–water partition coefficient (Wildman–Crippen LogP) is 6.05. The molecule has 0 N–H and O–H groups in total. The molecule has 0 bridgehead atoms. The van der Waals surface area contributed by atoms with Gasteiger partial charge in [-0.3, -0.25) is 9.69 Å². The van der Waals surface area contributed by atoms with Crippen molar-refractivity contribution in [2.75, 3.05) is 31.1 Å². The third-order valence-electron chi connectivity index (χ3n) is 5.84. The Morgan fingerprint density at radius 1 is 1.03 bits per heavy atom. The van der Waals surface area contributed by atoms with Gasteiger partial charge in [0.2, 0.25) is 0 Å². The van der Waals surface area contributed by atoms with Crippen LogP contribution in [-0.2, 0) is 0 Å². The molecular weight excluding hydrogens is 452 g/mol. The van der Waals surface area contributed by atoms with E-state index in [2.05, 4.69) is 10.1 Å². The Labute approximate surface area is 201 Å². The largest absolute Gasteiger partial charge is 0.354 e. The lowest BCUT2D eigenvalue weighted by Gasteiger charge is -2.27. The van der Waals surface area contributed by atoms with E-state index in [0.29, 0.717) is 23.1 Å². The van der Waals surface area contributed by atoms with Gasteiger partial charge in [0.05, 0.1) is 4.88 Å². The Kier molecular flexibility index (Phi) is 6.95. The van der Waals surface area contributed by atoms with Crippen molar-refractivity contribution in [3.63, 3.8) is 0 Å². The van der Waals surface area contributed by atoms with Crippen molar-refractivity contribution in [3.05, 3.63) is 64.2 Å². The van der Waals surface area contributed by atoms with E-state index in [1.807, 2.05) is 64.2 Å². The van der Waals surface area contributed by atoms with E-state index in [0.717, 1.165) is 42.2 Å². The molecule has 0 unspecified atom stereocenters. The summed E-state index contributed by atoms with van der Waals surface area (Å²) in [6, 6.07) is 15.6. The number of hydrogen-bond donors (Lipinski definition) is 0. The van der Waals surface area contributed by atoms with Gasteiger partial charge >= 0.3 is 0 Å². The molecule has 0 saturated carbocycles. The molecule has 1 amide bonds. The Hall–Kier alpha value is -2.81. The molecule has 0 spiro atoms. The molecule has 6 nitrogen and oxygen atoms in total. The van der Waals surface area contributed by atoms with Gasteiger partial charge in [-0.2, -0.15) is 0 Å². The number of anilines is 1. The molecule has 0 radical (unpaired) electrons. The van der Waals surface area contributed by atoms with E-state index in [1.165, 1.54) is 41.9 Å². The average molecular weight is 479 g/mol. The summed E-state index contributed by atoms with van der Waals surface area (Å²) in [7, 11) is 0. The fourth-order valence-corrected chi connectivity index (χ4v) is 5.61. The molecule has 8 heteroatoms. The Morgan fingerprint density at radius 3 is 2.67 bits per heavy atom. The van der Waals surface area contributed by atoms with Crippen molar-refractivity contribution >= 4 is 33.7 Å². The van der Waals surface area contributed by atoms with Crippen molar-refractivity contribution in [3.8, 4) is 22.7 Å². The quantitative estimate of drug-likeness (QED) is 0.308. The van der Waals surface area contributed by atoms with Crippen molar-refractivity contribution < 1.29 is 9.32 Å². The second-order valence-electron chi connectivity index (χ2n) is 8.15. The van der Waals surface area contributed by atoms with E-state index < -0.39 is 0 Å². The molecule has 0 aliphatic carbocycles. The lowest BCUT2D eigenvalue weighted by atomic mass is 10.1. The van der Waals surface area contributed by atoms with Gasteiger partial charge in [0, 0.05) is 23.6 Å². The maximum atomic E-state index is 13.3. The summed E-state index contributed by atoms with van der Waals surface area (Å²) < 4.78 is 5.58. The lowest BCUT2D eigenvalue weighted by Crippen LogP contribution is -2.35. The highest BCUT2D eigenvalue weighted by molar-refractivity contribution is 7.14. The summed E-state index contributed by atoms with van der Waals surface area (Å²) in [6.45, 7) is 3.98. The number of amides is 1. The minimum absolute atomic E-state index is 0.00656. The zero-order valence-corrected chi connectivity index (χ0v) is 20.0. The van der Waals surface area contributed by atoms with Gasteiger partial charge in [0.15, 0.2) is 10.9 Å². The van der Waals surface area contributed by atoms with Gasteiger partial charge in [-0.1, -0.05) is 48.0 Å². The van der Waals surface area contributed by atoms with Crippen LogP contribution >= 0.6 is 22.7 Å². The second-order valence-corrected chi connectivity index (χ2v) is 9.93. The summed E-state index contributed by atoms with van der Waals surface area (Å²) >= 11 is 2.93. The maximum Gasteiger partial charge on any atom is 0.270 e. The zero-order valence-electron chi connectivity index (χ0n) is 18.4. The maximum absolute atomic E-state index is 13.3. The van der Waals surface area contributed by atoms with Crippen molar-refractivity contribution in [1.82, 2.24) is 15.0 Å². The van der Waals surface area contributed by atoms with Crippen LogP contribution in [0.15, 0.2) is 63.8 Å². The normalized spacial score (nSPS) is 14.4. The van der Waals surface area contributed by atoms with Crippen LogP contribution < -0.4 is 4.90 Å². The molecule has 4 heterocycles. The van der Waals surface area contributed by atoms with Crippen molar-refractivity contribution in [2.45, 2.75) is 25.7 Å². The van der Waals surface area contributed by atoms with Crippen LogP contribution in [0, 0.1) is 0 Å². The molecule has 1 saturated heterocycles. The molecule has 5 rings (SSSR count). The molecule has 3 aromatic heterocycles. The number of rotatable bonds is 8. The first kappa shape index (κ1) is 22.0. The number of carbonyl (C=O) groups excluding carboxylic acids is 1. The van der Waals surface area contributed by atoms with Gasteiger partial charge in [-0.25, -0.2) is 4.98 Å². The summed E-state index contributed by atoms with van der Waals surface area (Å²) in [4.78, 5) is 23.1. The number of piperidine rings is 1. The third kappa shape index (κ3) is 5.24. The summed E-state index contributed by atoms with van der Waals surface area (Å²) in [5, 5.41) is 8.76. The molecule has 4 aromatic rings. The van der Waals surface area contributed by atoms with Crippen molar-refractivity contribution in [2.24, 2.45) is 0 Å². The number of benzene rings is 1. The van der Waals surface area contributed by atoms with Gasteiger partial charge < -0.3 is 9.42 Å². The number of likely N-dealkylation sites (tertiary alicyclic amines) is 1. The third-order valence-corrected chi connectivity index (χ3v) is 7.56. The summed E-state index contributed by atoms with van der Waals surface area (Å²) in [5.74, 6) is 0.611. The molecule has 170 valence electrons. The second kappa shape index (κ2) is 10.4. The minimum Gasteiger partial charge on any atom is -0.354 e. The van der Waals surface area contributed by atoms with Gasteiger partial charge in [0.25, 0.3) is 5.91 Å². The monoisotopic (exact) mass is 478 g/mol. The Balaban J connectivity index is 1.33. The van der Waals surface area contributed by atoms with Crippen LogP contribution in [0.25, 0.3) is 22.7 Å². The van der Waals surface area contributed by atoms with Crippen LogP contribution in [0.3, 0.4) is 0 Å². The highest BCUT2D eigenvalue weighted by Crippen LogP contribution is 2.31. The topological polar surface area (TPSA) is 62.5 Å².